The van der Waals surface area contributed by atoms with E-state index in [1.807, 2.05) is 18.2 Å². The Hall–Kier alpha value is -2.27. The number of pyridine rings is 1. The molecule has 108 valence electrons. The highest BCUT2D eigenvalue weighted by Crippen LogP contribution is 2.20. The van der Waals surface area contributed by atoms with E-state index in [1.54, 1.807) is 6.07 Å². The zero-order valence-corrected chi connectivity index (χ0v) is 11.7. The van der Waals surface area contributed by atoms with E-state index < -0.39 is 0 Å². The molecule has 0 spiro atoms. The fourth-order valence-corrected chi connectivity index (χ4v) is 2.72. The zero-order valence-electron chi connectivity index (χ0n) is 11.7. The van der Waals surface area contributed by atoms with E-state index in [4.69, 9.17) is 0 Å². The van der Waals surface area contributed by atoms with Gasteiger partial charge in [-0.25, -0.2) is 0 Å². The van der Waals surface area contributed by atoms with Crippen molar-refractivity contribution in [3.63, 3.8) is 0 Å². The van der Waals surface area contributed by atoms with E-state index in [-0.39, 0.29) is 10.6 Å². The third-order valence-corrected chi connectivity index (χ3v) is 3.87. The Labute approximate surface area is 123 Å². The third-order valence-electron chi connectivity index (χ3n) is 3.87. The Morgan fingerprint density at radius 1 is 1.19 bits per heavy atom. The number of aromatic nitrogens is 1. The van der Waals surface area contributed by atoms with Crippen LogP contribution in [0.5, 0.6) is 0 Å². The first-order chi connectivity index (χ1) is 10.2. The van der Waals surface area contributed by atoms with E-state index >= 15 is 0 Å². The van der Waals surface area contributed by atoms with Gasteiger partial charge in [-0.2, -0.15) is 0 Å². The Morgan fingerprint density at radius 2 is 1.95 bits per heavy atom. The smallest absolute Gasteiger partial charge is 0.287 e. The second-order valence-corrected chi connectivity index (χ2v) is 5.32. The van der Waals surface area contributed by atoms with Gasteiger partial charge in [0.05, 0.1) is 4.92 Å². The minimum Gasteiger partial charge on any atom is -0.298 e. The van der Waals surface area contributed by atoms with Crippen molar-refractivity contribution in [2.24, 2.45) is 0 Å². The van der Waals surface area contributed by atoms with Gasteiger partial charge >= 0.3 is 0 Å². The average molecular weight is 283 g/mol. The van der Waals surface area contributed by atoms with Gasteiger partial charge in [0.25, 0.3) is 5.69 Å². The van der Waals surface area contributed by atoms with Gasteiger partial charge < -0.3 is 0 Å². The molecule has 5 heteroatoms. The Balaban J connectivity index is 1.72. The molecule has 1 aliphatic heterocycles. The number of fused-ring (bicyclic) bond motifs is 1. The summed E-state index contributed by atoms with van der Waals surface area (Å²) in [7, 11) is 0. The Kier molecular flexibility index (Phi) is 3.92. The molecule has 0 saturated heterocycles. The third kappa shape index (κ3) is 3.25. The van der Waals surface area contributed by atoms with Crippen LogP contribution in [0, 0.1) is 10.1 Å². The highest BCUT2D eigenvalue weighted by Gasteiger charge is 2.18. The zero-order chi connectivity index (χ0) is 14.7. The van der Waals surface area contributed by atoms with Gasteiger partial charge in [0, 0.05) is 37.8 Å². The summed E-state index contributed by atoms with van der Waals surface area (Å²) in [5.41, 5.74) is 3.39. The molecule has 1 aromatic carbocycles. The van der Waals surface area contributed by atoms with Crippen molar-refractivity contribution >= 4 is 5.69 Å². The molecule has 0 radical (unpaired) electrons. The maximum absolute atomic E-state index is 10.8. The Bertz CT molecular complexity index is 643. The van der Waals surface area contributed by atoms with Gasteiger partial charge in [-0.15, -0.1) is 0 Å². The summed E-state index contributed by atoms with van der Waals surface area (Å²) in [4.78, 5) is 17.1. The van der Waals surface area contributed by atoms with Crippen LogP contribution in [0.4, 0.5) is 5.69 Å². The number of nitrogens with zero attached hydrogens (tertiary/aromatic N) is 3. The average Bonchev–Trinajstić information content (AvgIpc) is 2.70. The summed E-state index contributed by atoms with van der Waals surface area (Å²) in [5.74, 6) is 0. The fourth-order valence-electron chi connectivity index (χ4n) is 2.72. The molecule has 0 aliphatic carbocycles. The molecule has 1 aliphatic rings. The minimum atomic E-state index is -0.375. The highest BCUT2D eigenvalue weighted by atomic mass is 16.6. The van der Waals surface area contributed by atoms with Gasteiger partial charge in [0.2, 0.25) is 0 Å². The topological polar surface area (TPSA) is 59.3 Å². The molecule has 2 aromatic rings. The summed E-state index contributed by atoms with van der Waals surface area (Å²) in [6.07, 6.45) is 3.03. The standard InChI is InChI=1S/C16H17N3O2/c20-19(21)15-10-14-6-8-18(9-7-16(14)17-11-15)12-13-4-2-1-3-5-13/h1-5,10-11H,6-9,12H2. The quantitative estimate of drug-likeness (QED) is 0.641. The molecule has 0 N–H and O–H groups in total. The molecular formula is C16H17N3O2. The van der Waals surface area contributed by atoms with Crippen LogP contribution < -0.4 is 0 Å². The first kappa shape index (κ1) is 13.7. The number of nitro groups is 1. The van der Waals surface area contributed by atoms with E-state index in [2.05, 4.69) is 22.0 Å². The lowest BCUT2D eigenvalue weighted by Gasteiger charge is -2.19. The molecule has 1 aromatic heterocycles. The number of rotatable bonds is 3. The summed E-state index contributed by atoms with van der Waals surface area (Å²) in [6.45, 7) is 2.76. The van der Waals surface area contributed by atoms with Crippen LogP contribution in [0.15, 0.2) is 42.6 Å². The van der Waals surface area contributed by atoms with Gasteiger partial charge in [0.15, 0.2) is 0 Å². The molecule has 0 unspecified atom stereocenters. The van der Waals surface area contributed by atoms with Crippen molar-refractivity contribution in [2.45, 2.75) is 19.4 Å². The van der Waals surface area contributed by atoms with Crippen molar-refractivity contribution in [3.8, 4) is 0 Å². The predicted octanol–water partition coefficient (Wildman–Crippen LogP) is 2.59. The normalized spacial score (nSPS) is 15.2. The fraction of sp³-hybridized carbons (Fsp3) is 0.312. The van der Waals surface area contributed by atoms with E-state index in [0.717, 1.165) is 43.7 Å². The maximum atomic E-state index is 10.8. The lowest BCUT2D eigenvalue weighted by atomic mass is 10.1. The van der Waals surface area contributed by atoms with E-state index in [0.29, 0.717) is 0 Å². The molecule has 2 heterocycles. The molecule has 21 heavy (non-hydrogen) atoms. The van der Waals surface area contributed by atoms with Gasteiger partial charge in [-0.3, -0.25) is 20.0 Å². The second-order valence-electron chi connectivity index (χ2n) is 5.32. The first-order valence-electron chi connectivity index (χ1n) is 7.11. The van der Waals surface area contributed by atoms with Crippen LogP contribution in [0.1, 0.15) is 16.8 Å². The lowest BCUT2D eigenvalue weighted by Crippen LogP contribution is -2.25. The molecule has 0 bridgehead atoms. The summed E-state index contributed by atoms with van der Waals surface area (Å²) in [5, 5.41) is 10.8. The van der Waals surface area contributed by atoms with E-state index in [9.17, 15) is 10.1 Å². The number of hydrogen-bond acceptors (Lipinski definition) is 4. The van der Waals surface area contributed by atoms with Gasteiger partial charge in [-0.05, 0) is 17.5 Å². The van der Waals surface area contributed by atoms with Gasteiger partial charge in [0.1, 0.15) is 6.20 Å². The predicted molar refractivity (Wildman–Crippen MR) is 80.0 cm³/mol. The van der Waals surface area contributed by atoms with Crippen LogP contribution in [-0.2, 0) is 19.4 Å². The molecular weight excluding hydrogens is 266 g/mol. The number of benzene rings is 1. The molecule has 0 fully saturated rings. The SMILES string of the molecule is O=[N+]([O-])c1cnc2c(c1)CCN(Cc1ccccc1)CC2. The van der Waals surface area contributed by atoms with Crippen LogP contribution >= 0.6 is 0 Å². The van der Waals surface area contributed by atoms with E-state index in [1.165, 1.54) is 11.8 Å². The van der Waals surface area contributed by atoms with Crippen molar-refractivity contribution in [1.29, 1.82) is 0 Å². The summed E-state index contributed by atoms with van der Waals surface area (Å²) >= 11 is 0. The summed E-state index contributed by atoms with van der Waals surface area (Å²) in [6, 6.07) is 12.0. The number of hydrogen-bond donors (Lipinski definition) is 0. The molecule has 3 rings (SSSR count). The van der Waals surface area contributed by atoms with Crippen LogP contribution in [0.25, 0.3) is 0 Å². The maximum Gasteiger partial charge on any atom is 0.287 e. The minimum absolute atomic E-state index is 0.0882. The van der Waals surface area contributed by atoms with Crippen molar-refractivity contribution in [2.75, 3.05) is 13.1 Å². The second kappa shape index (κ2) is 6.01. The largest absolute Gasteiger partial charge is 0.298 e. The molecule has 0 amide bonds. The van der Waals surface area contributed by atoms with Crippen molar-refractivity contribution < 1.29 is 4.92 Å². The molecule has 5 nitrogen and oxygen atoms in total. The Morgan fingerprint density at radius 3 is 2.71 bits per heavy atom. The monoisotopic (exact) mass is 283 g/mol. The lowest BCUT2D eigenvalue weighted by molar-refractivity contribution is -0.385. The first-order valence-corrected chi connectivity index (χ1v) is 7.11. The summed E-state index contributed by atoms with van der Waals surface area (Å²) < 4.78 is 0. The van der Waals surface area contributed by atoms with Crippen molar-refractivity contribution in [1.82, 2.24) is 9.88 Å². The molecule has 0 saturated carbocycles. The highest BCUT2D eigenvalue weighted by molar-refractivity contribution is 5.35. The molecule has 0 atom stereocenters. The van der Waals surface area contributed by atoms with Crippen LogP contribution in [0.2, 0.25) is 0 Å². The van der Waals surface area contributed by atoms with Crippen LogP contribution in [-0.4, -0.2) is 27.9 Å². The van der Waals surface area contributed by atoms with Gasteiger partial charge in [-0.1, -0.05) is 30.3 Å². The van der Waals surface area contributed by atoms with Crippen LogP contribution in [0.3, 0.4) is 0 Å². The van der Waals surface area contributed by atoms with Crippen molar-refractivity contribution in [3.05, 3.63) is 69.5 Å².